The summed E-state index contributed by atoms with van der Waals surface area (Å²) in [6.45, 7) is 1.90. The van der Waals surface area contributed by atoms with E-state index < -0.39 is 0 Å². The SMILES string of the molecule is CC#CCCCCc1ccccc1.[V]. The molecule has 1 heteroatoms. The van der Waals surface area contributed by atoms with Gasteiger partial charge in [-0.25, -0.2) is 0 Å². The van der Waals surface area contributed by atoms with Crippen molar-refractivity contribution in [2.45, 2.75) is 32.6 Å². The Morgan fingerprint density at radius 1 is 1.07 bits per heavy atom. The summed E-state index contributed by atoms with van der Waals surface area (Å²) >= 11 is 0. The molecular weight excluding hydrogens is 207 g/mol. The molecule has 0 aliphatic rings. The maximum Gasteiger partial charge on any atom is 0.00886 e. The number of unbranched alkanes of at least 4 members (excludes halogenated alkanes) is 2. The first-order valence-corrected chi connectivity index (χ1v) is 4.87. The Morgan fingerprint density at radius 3 is 2.43 bits per heavy atom. The van der Waals surface area contributed by atoms with Gasteiger partial charge in [0.05, 0.1) is 0 Å². The van der Waals surface area contributed by atoms with Crippen molar-refractivity contribution in [3.8, 4) is 11.8 Å². The van der Waals surface area contributed by atoms with Crippen molar-refractivity contribution in [2.75, 3.05) is 0 Å². The van der Waals surface area contributed by atoms with Crippen LogP contribution in [-0.2, 0) is 25.0 Å². The van der Waals surface area contributed by atoms with Crippen molar-refractivity contribution < 1.29 is 18.6 Å². The molecule has 0 aliphatic heterocycles. The van der Waals surface area contributed by atoms with Crippen LogP contribution in [0.1, 0.15) is 31.7 Å². The van der Waals surface area contributed by atoms with Gasteiger partial charge < -0.3 is 0 Å². The van der Waals surface area contributed by atoms with Crippen LogP contribution in [0, 0.1) is 11.8 Å². The fourth-order valence-corrected chi connectivity index (χ4v) is 1.31. The Hall–Kier alpha value is -0.636. The van der Waals surface area contributed by atoms with Gasteiger partial charge in [-0.15, -0.1) is 11.8 Å². The van der Waals surface area contributed by atoms with E-state index in [1.807, 2.05) is 6.92 Å². The summed E-state index contributed by atoms with van der Waals surface area (Å²) in [5, 5.41) is 0. The summed E-state index contributed by atoms with van der Waals surface area (Å²) in [4.78, 5) is 0. The Balaban J connectivity index is 0.00000169. The third kappa shape index (κ3) is 5.92. The van der Waals surface area contributed by atoms with Crippen molar-refractivity contribution in [3.63, 3.8) is 0 Å². The fraction of sp³-hybridized carbons (Fsp3) is 0.385. The fourth-order valence-electron chi connectivity index (χ4n) is 1.31. The van der Waals surface area contributed by atoms with E-state index in [9.17, 15) is 0 Å². The van der Waals surface area contributed by atoms with Crippen LogP contribution in [0.2, 0.25) is 0 Å². The van der Waals surface area contributed by atoms with E-state index in [-0.39, 0.29) is 18.6 Å². The summed E-state index contributed by atoms with van der Waals surface area (Å²) in [5.41, 5.74) is 1.44. The van der Waals surface area contributed by atoms with Crippen LogP contribution in [-0.4, -0.2) is 0 Å². The number of benzene rings is 1. The molecule has 1 aromatic rings. The third-order valence-electron chi connectivity index (χ3n) is 2.04. The molecule has 0 N–H and O–H groups in total. The third-order valence-corrected chi connectivity index (χ3v) is 2.04. The van der Waals surface area contributed by atoms with E-state index >= 15 is 0 Å². The van der Waals surface area contributed by atoms with Crippen molar-refractivity contribution >= 4 is 0 Å². The molecule has 73 valence electrons. The largest absolute Gasteiger partial charge is 0.107 e. The topological polar surface area (TPSA) is 0 Å². The van der Waals surface area contributed by atoms with Crippen LogP contribution in [0.3, 0.4) is 0 Å². The van der Waals surface area contributed by atoms with Crippen LogP contribution in [0.15, 0.2) is 30.3 Å². The molecule has 0 aliphatic carbocycles. The van der Waals surface area contributed by atoms with E-state index in [1.54, 1.807) is 0 Å². The Morgan fingerprint density at radius 2 is 1.79 bits per heavy atom. The van der Waals surface area contributed by atoms with Gasteiger partial charge in [-0.1, -0.05) is 30.3 Å². The second kappa shape index (κ2) is 8.94. The van der Waals surface area contributed by atoms with Crippen molar-refractivity contribution in [2.24, 2.45) is 0 Å². The molecule has 0 saturated carbocycles. The minimum atomic E-state index is 0. The Kier molecular flexibility index (Phi) is 8.53. The standard InChI is InChI=1S/C13H16.V/c1-2-3-4-5-7-10-13-11-8-6-9-12-13;/h6,8-9,11-12H,4-5,7,10H2,1H3;. The molecular formula is C13H16V. The van der Waals surface area contributed by atoms with Gasteiger partial charge in [0, 0.05) is 25.0 Å². The van der Waals surface area contributed by atoms with Crippen LogP contribution >= 0.6 is 0 Å². The van der Waals surface area contributed by atoms with Gasteiger partial charge in [-0.3, -0.25) is 0 Å². The average molecular weight is 223 g/mol. The molecule has 14 heavy (non-hydrogen) atoms. The molecule has 0 saturated heterocycles. The van der Waals surface area contributed by atoms with E-state index in [4.69, 9.17) is 0 Å². The Labute approximate surface area is 99.0 Å². The van der Waals surface area contributed by atoms with E-state index in [0.29, 0.717) is 0 Å². The summed E-state index contributed by atoms with van der Waals surface area (Å²) in [7, 11) is 0. The molecule has 0 amide bonds. The van der Waals surface area contributed by atoms with E-state index in [2.05, 4.69) is 42.2 Å². The zero-order valence-electron chi connectivity index (χ0n) is 8.66. The van der Waals surface area contributed by atoms with Crippen LogP contribution in [0.25, 0.3) is 0 Å². The number of hydrogen-bond acceptors (Lipinski definition) is 0. The second-order valence-electron chi connectivity index (χ2n) is 3.12. The molecule has 1 aromatic carbocycles. The molecule has 1 radical (unpaired) electrons. The van der Waals surface area contributed by atoms with Gasteiger partial charge in [0.15, 0.2) is 0 Å². The first-order chi connectivity index (χ1) is 6.43. The number of rotatable bonds is 4. The molecule has 0 nitrogen and oxygen atoms in total. The molecule has 0 spiro atoms. The predicted molar refractivity (Wildman–Crippen MR) is 57.4 cm³/mol. The van der Waals surface area contributed by atoms with E-state index in [1.165, 1.54) is 24.8 Å². The number of aryl methyl sites for hydroxylation is 1. The van der Waals surface area contributed by atoms with Crippen LogP contribution < -0.4 is 0 Å². The smallest absolute Gasteiger partial charge is 0.00886 e. The van der Waals surface area contributed by atoms with Gasteiger partial charge in [0.2, 0.25) is 0 Å². The van der Waals surface area contributed by atoms with Gasteiger partial charge in [-0.05, 0) is 31.7 Å². The average Bonchev–Trinajstić information content (AvgIpc) is 2.19. The molecule has 0 fully saturated rings. The maximum absolute atomic E-state index is 3.08. The minimum absolute atomic E-state index is 0. The summed E-state index contributed by atoms with van der Waals surface area (Å²) in [5.74, 6) is 6.00. The molecule has 0 atom stereocenters. The van der Waals surface area contributed by atoms with Gasteiger partial charge in [0.25, 0.3) is 0 Å². The molecule has 1 rings (SSSR count). The van der Waals surface area contributed by atoms with Crippen LogP contribution in [0.5, 0.6) is 0 Å². The van der Waals surface area contributed by atoms with Crippen molar-refractivity contribution in [3.05, 3.63) is 35.9 Å². The van der Waals surface area contributed by atoms with Crippen molar-refractivity contribution in [1.29, 1.82) is 0 Å². The van der Waals surface area contributed by atoms with Gasteiger partial charge >= 0.3 is 0 Å². The zero-order chi connectivity index (χ0) is 9.36. The summed E-state index contributed by atoms with van der Waals surface area (Å²) in [6, 6.07) is 10.6. The Bertz CT molecular complexity index is 279. The maximum atomic E-state index is 3.08. The summed E-state index contributed by atoms with van der Waals surface area (Å²) in [6.07, 6.45) is 4.70. The molecule has 0 bridgehead atoms. The van der Waals surface area contributed by atoms with Gasteiger partial charge in [0.1, 0.15) is 0 Å². The minimum Gasteiger partial charge on any atom is -0.107 e. The molecule has 0 aromatic heterocycles. The van der Waals surface area contributed by atoms with E-state index in [0.717, 1.165) is 6.42 Å². The second-order valence-corrected chi connectivity index (χ2v) is 3.12. The predicted octanol–water partition coefficient (Wildman–Crippen LogP) is 3.42. The molecule has 0 heterocycles. The van der Waals surface area contributed by atoms with Crippen molar-refractivity contribution in [1.82, 2.24) is 0 Å². The quantitative estimate of drug-likeness (QED) is 0.542. The first-order valence-electron chi connectivity index (χ1n) is 4.87. The normalized spacial score (nSPS) is 8.36. The monoisotopic (exact) mass is 223 g/mol. The molecule has 0 unspecified atom stereocenters. The van der Waals surface area contributed by atoms with Gasteiger partial charge in [-0.2, -0.15) is 0 Å². The summed E-state index contributed by atoms with van der Waals surface area (Å²) < 4.78 is 0. The zero-order valence-corrected chi connectivity index (χ0v) is 10.1. The first kappa shape index (κ1) is 13.4. The number of hydrogen-bond donors (Lipinski definition) is 0. The van der Waals surface area contributed by atoms with Crippen LogP contribution in [0.4, 0.5) is 0 Å².